The number of hydrogen-bond donors (Lipinski definition) is 5. The van der Waals surface area contributed by atoms with Gasteiger partial charge in [0, 0.05) is 13.3 Å². The molecule has 1 saturated carbocycles. The zero-order valence-electron chi connectivity index (χ0n) is 23.2. The number of methoxy groups -OCH3 is 1. The Kier molecular flexibility index (Phi) is 8.83. The summed E-state index contributed by atoms with van der Waals surface area (Å²) in [5, 5.41) is 11.5. The number of hydrogen-bond acceptors (Lipinski definition) is 15. The lowest BCUT2D eigenvalue weighted by molar-refractivity contribution is -0.0486. The number of H-pyrrole nitrogens is 1. The van der Waals surface area contributed by atoms with Gasteiger partial charge in [0.15, 0.2) is 17.4 Å². The Bertz CT molecular complexity index is 1770. The molecule has 5 heterocycles. The lowest BCUT2D eigenvalue weighted by atomic mass is 10.1. The molecule has 0 amide bonds. The standard InChI is InChI=1S/C23H31N9O10P2/c1-38-16-14(7-39-43(35)36)41-22(32-9-28-15-20(32)29-23(25)30-21(15)34)17(16)42-44(37)40-6-10-4-12(13(33)5-10)31-3-2-11-18(24)26-8-27-19(11)31/h2-3,8-10,12-14,16-17,22,33,43-44H,4-7H2,1H3,(H,35,36)(H2,24,26,27)(H3,25,29,30,34)/t10-,12+,13+,14+,16+,17+,22+/m0/s1. The number of aliphatic hydroxyl groups excluding tert-OH is 1. The molecule has 0 radical (unpaired) electrons. The van der Waals surface area contributed by atoms with Crippen LogP contribution in [-0.4, -0.2) is 88.8 Å². The van der Waals surface area contributed by atoms with Gasteiger partial charge >= 0.3 is 16.5 Å². The highest BCUT2D eigenvalue weighted by atomic mass is 31.1. The van der Waals surface area contributed by atoms with E-state index < -0.39 is 52.7 Å². The number of rotatable bonds is 11. The maximum Gasteiger partial charge on any atom is 0.319 e. The van der Waals surface area contributed by atoms with Gasteiger partial charge in [-0.2, -0.15) is 4.98 Å². The first-order valence-corrected chi connectivity index (χ1v) is 16.0. The van der Waals surface area contributed by atoms with Crippen LogP contribution in [0.25, 0.3) is 22.2 Å². The second-order valence-electron chi connectivity index (χ2n) is 10.5. The van der Waals surface area contributed by atoms with E-state index in [9.17, 15) is 23.9 Å². The van der Waals surface area contributed by atoms with Gasteiger partial charge in [-0.25, -0.2) is 15.0 Å². The van der Waals surface area contributed by atoms with Crippen LogP contribution in [0, 0.1) is 5.92 Å². The highest BCUT2D eigenvalue weighted by Gasteiger charge is 2.49. The van der Waals surface area contributed by atoms with Crippen molar-refractivity contribution in [2.45, 2.75) is 49.5 Å². The van der Waals surface area contributed by atoms with Crippen molar-refractivity contribution in [2.24, 2.45) is 5.92 Å². The smallest absolute Gasteiger partial charge is 0.319 e. The highest BCUT2D eigenvalue weighted by Crippen LogP contribution is 2.43. The molecular formula is C23H31N9O10P2. The van der Waals surface area contributed by atoms with Gasteiger partial charge in [-0.15, -0.1) is 0 Å². The summed E-state index contributed by atoms with van der Waals surface area (Å²) in [4.78, 5) is 40.4. The van der Waals surface area contributed by atoms with Gasteiger partial charge in [0.2, 0.25) is 5.95 Å². The number of ether oxygens (including phenoxy) is 2. The van der Waals surface area contributed by atoms with Crippen LogP contribution in [0.2, 0.25) is 0 Å². The van der Waals surface area contributed by atoms with Crippen molar-refractivity contribution in [2.75, 3.05) is 31.8 Å². The minimum absolute atomic E-state index is 0.0259. The fourth-order valence-electron chi connectivity index (χ4n) is 5.88. The molecule has 1 aliphatic heterocycles. The summed E-state index contributed by atoms with van der Waals surface area (Å²) in [6, 6.07) is 1.49. The van der Waals surface area contributed by atoms with E-state index in [0.717, 1.165) is 0 Å². The summed E-state index contributed by atoms with van der Waals surface area (Å²) in [6.07, 6.45) is 0.533. The van der Waals surface area contributed by atoms with Gasteiger partial charge in [-0.3, -0.25) is 28.0 Å². The van der Waals surface area contributed by atoms with Crippen LogP contribution in [0.5, 0.6) is 0 Å². The van der Waals surface area contributed by atoms with Crippen LogP contribution >= 0.6 is 16.5 Å². The number of fused-ring (bicyclic) bond motifs is 2. The third kappa shape index (κ3) is 5.90. The summed E-state index contributed by atoms with van der Waals surface area (Å²) >= 11 is 0. The predicted molar refractivity (Wildman–Crippen MR) is 154 cm³/mol. The van der Waals surface area contributed by atoms with Crippen molar-refractivity contribution >= 4 is 50.5 Å². The molecule has 0 aromatic carbocycles. The molecule has 19 nitrogen and oxygen atoms in total. The van der Waals surface area contributed by atoms with E-state index >= 15 is 0 Å². The van der Waals surface area contributed by atoms with Crippen LogP contribution in [0.1, 0.15) is 25.1 Å². The molecule has 2 fully saturated rings. The van der Waals surface area contributed by atoms with Crippen LogP contribution in [0.3, 0.4) is 0 Å². The second kappa shape index (κ2) is 12.6. The number of nitrogens with two attached hydrogens (primary N) is 2. The molecule has 4 aromatic rings. The molecule has 238 valence electrons. The van der Waals surface area contributed by atoms with E-state index in [1.165, 1.54) is 24.3 Å². The lowest BCUT2D eigenvalue weighted by Gasteiger charge is -2.23. The lowest BCUT2D eigenvalue weighted by Crippen LogP contribution is -2.36. The van der Waals surface area contributed by atoms with E-state index in [-0.39, 0.29) is 42.3 Å². The van der Waals surface area contributed by atoms with Gasteiger partial charge < -0.3 is 44.6 Å². The molecular weight excluding hydrogens is 624 g/mol. The van der Waals surface area contributed by atoms with E-state index in [0.29, 0.717) is 29.7 Å². The molecule has 2 aliphatic rings. The molecule has 44 heavy (non-hydrogen) atoms. The normalized spacial score (nSPS) is 28.7. The Hall–Kier alpha value is -3.25. The molecule has 6 rings (SSSR count). The maximum absolute atomic E-state index is 13.2. The van der Waals surface area contributed by atoms with Crippen molar-refractivity contribution in [1.82, 2.24) is 34.1 Å². The number of aromatic amines is 1. The average Bonchev–Trinajstić information content (AvgIpc) is 3.75. The summed E-state index contributed by atoms with van der Waals surface area (Å²) in [7, 11) is -5.15. The number of aliphatic hydroxyl groups is 1. The van der Waals surface area contributed by atoms with Gasteiger partial charge in [0.05, 0.1) is 37.1 Å². The molecule has 21 heteroatoms. The molecule has 0 bridgehead atoms. The minimum Gasteiger partial charge on any atom is -0.391 e. The Morgan fingerprint density at radius 1 is 1.11 bits per heavy atom. The third-order valence-corrected chi connectivity index (χ3v) is 9.09. The second-order valence-corrected chi connectivity index (χ2v) is 12.3. The van der Waals surface area contributed by atoms with E-state index in [2.05, 4.69) is 24.9 Å². The number of anilines is 2. The number of imidazole rings is 1. The fourth-order valence-corrected chi connectivity index (χ4v) is 7.10. The molecule has 4 aromatic heterocycles. The SMILES string of the molecule is CO[C@H]1[C@@H](O[PH](=O)OC[C@@H]2C[C@@H](O)[C@H](n3ccc4c(N)ncnc43)C2)[C@H](n2cnc3c(=O)[nH]c(N)nc32)O[C@@H]1CO[PH](=O)O. The van der Waals surface area contributed by atoms with Crippen molar-refractivity contribution in [3.63, 3.8) is 0 Å². The van der Waals surface area contributed by atoms with Crippen molar-refractivity contribution in [1.29, 1.82) is 0 Å². The Morgan fingerprint density at radius 3 is 2.70 bits per heavy atom. The maximum atomic E-state index is 13.2. The van der Waals surface area contributed by atoms with E-state index in [1.807, 2.05) is 4.57 Å². The Balaban J connectivity index is 1.17. The van der Waals surface area contributed by atoms with Crippen molar-refractivity contribution < 1.29 is 42.2 Å². The first-order valence-electron chi connectivity index (χ1n) is 13.5. The largest absolute Gasteiger partial charge is 0.391 e. The van der Waals surface area contributed by atoms with Gasteiger partial charge in [0.25, 0.3) is 5.56 Å². The molecule has 7 N–H and O–H groups in total. The first-order chi connectivity index (χ1) is 21.1. The first kappa shape index (κ1) is 30.8. The monoisotopic (exact) mass is 655 g/mol. The molecule has 1 saturated heterocycles. The summed E-state index contributed by atoms with van der Waals surface area (Å²) in [5.41, 5.74) is 11.7. The van der Waals surface area contributed by atoms with Crippen molar-refractivity contribution in [3.8, 4) is 0 Å². The third-order valence-electron chi connectivity index (χ3n) is 7.81. The number of nitrogen functional groups attached to an aromatic ring is 2. The fraction of sp³-hybridized carbons (Fsp3) is 0.522. The molecule has 1 aliphatic carbocycles. The van der Waals surface area contributed by atoms with Crippen molar-refractivity contribution in [3.05, 3.63) is 35.3 Å². The topological polar surface area (TPSA) is 267 Å². The highest BCUT2D eigenvalue weighted by molar-refractivity contribution is 7.33. The molecule has 9 atom stereocenters. The van der Waals surface area contributed by atoms with E-state index in [1.54, 1.807) is 12.3 Å². The zero-order valence-corrected chi connectivity index (χ0v) is 25.2. The Morgan fingerprint density at radius 2 is 1.93 bits per heavy atom. The van der Waals surface area contributed by atoms with Crippen LogP contribution < -0.4 is 17.0 Å². The average molecular weight is 656 g/mol. The predicted octanol–water partition coefficient (Wildman–Crippen LogP) is 0.143. The van der Waals surface area contributed by atoms with Gasteiger partial charge in [-0.05, 0) is 24.8 Å². The Labute approximate surface area is 249 Å². The zero-order chi connectivity index (χ0) is 31.1. The molecule has 0 spiro atoms. The van der Waals surface area contributed by atoms with Crippen LogP contribution in [-0.2, 0) is 32.2 Å². The van der Waals surface area contributed by atoms with Gasteiger partial charge in [0.1, 0.15) is 36.1 Å². The minimum atomic E-state index is -3.30. The summed E-state index contributed by atoms with van der Waals surface area (Å²) in [5.74, 6) is 0.0205. The van der Waals surface area contributed by atoms with Crippen LogP contribution in [0.4, 0.5) is 11.8 Å². The number of aromatic nitrogens is 7. The molecule has 2 unspecified atom stereocenters. The summed E-state index contributed by atoms with van der Waals surface area (Å²) in [6.45, 7) is -0.322. The summed E-state index contributed by atoms with van der Waals surface area (Å²) < 4.78 is 55.6. The van der Waals surface area contributed by atoms with Gasteiger partial charge in [-0.1, -0.05) is 0 Å². The van der Waals surface area contributed by atoms with E-state index in [4.69, 9.17) is 34.5 Å². The number of nitrogens with one attached hydrogen (secondary N) is 1. The number of nitrogens with zero attached hydrogens (tertiary/aromatic N) is 6. The van der Waals surface area contributed by atoms with Crippen LogP contribution in [0.15, 0.2) is 29.7 Å². The quantitative estimate of drug-likeness (QED) is 0.135.